The third kappa shape index (κ3) is 2.85. The van der Waals surface area contributed by atoms with Gasteiger partial charge in [-0.3, -0.25) is 4.79 Å². The Morgan fingerprint density at radius 2 is 2.10 bits per heavy atom. The molecule has 2 fully saturated rings. The summed E-state index contributed by atoms with van der Waals surface area (Å²) in [5.41, 5.74) is -1.01. The molecule has 2 saturated carbocycles. The first-order valence-electron chi connectivity index (χ1n) is 8.10. The first kappa shape index (κ1) is 16.1. The first-order valence-corrected chi connectivity index (χ1v) is 8.10. The van der Waals surface area contributed by atoms with E-state index >= 15 is 0 Å². The topological polar surface area (TPSA) is 52.6 Å². The van der Waals surface area contributed by atoms with Crippen LogP contribution in [0.15, 0.2) is 12.7 Å². The molecule has 2 aliphatic rings. The second kappa shape index (κ2) is 6.63. The highest BCUT2D eigenvalue weighted by Crippen LogP contribution is 2.63. The lowest BCUT2D eigenvalue weighted by Gasteiger charge is -2.52. The molecule has 0 radical (unpaired) electrons. The van der Waals surface area contributed by atoms with E-state index in [4.69, 9.17) is 9.47 Å². The summed E-state index contributed by atoms with van der Waals surface area (Å²) >= 11 is 0. The van der Waals surface area contributed by atoms with Crippen molar-refractivity contribution in [1.29, 1.82) is 0 Å². The van der Waals surface area contributed by atoms with Crippen molar-refractivity contribution in [3.05, 3.63) is 12.7 Å². The van der Waals surface area contributed by atoms with Crippen molar-refractivity contribution < 1.29 is 19.1 Å². The van der Waals surface area contributed by atoms with Crippen molar-refractivity contribution in [3.8, 4) is 0 Å². The van der Waals surface area contributed by atoms with Crippen LogP contribution < -0.4 is 0 Å². The standard InChI is InChI=1S/C17H26O4/c1-3-5-6-7-9-16-11-12-17(16,10-8-14(16)18)21-15(19)20-13-4-2/h4H,2-3,5-13H2,1H3. The average molecular weight is 294 g/mol. The van der Waals surface area contributed by atoms with Crippen LogP contribution in [0.2, 0.25) is 0 Å². The van der Waals surface area contributed by atoms with Gasteiger partial charge in [0.15, 0.2) is 0 Å². The number of unbranched alkanes of at least 4 members (excludes halogenated alkanes) is 3. The van der Waals surface area contributed by atoms with E-state index in [0.29, 0.717) is 12.8 Å². The molecule has 118 valence electrons. The maximum absolute atomic E-state index is 12.4. The Morgan fingerprint density at radius 1 is 1.29 bits per heavy atom. The van der Waals surface area contributed by atoms with Gasteiger partial charge in [0.1, 0.15) is 18.0 Å². The Labute approximate surface area is 126 Å². The second-order valence-electron chi connectivity index (χ2n) is 6.26. The third-order valence-corrected chi connectivity index (χ3v) is 5.17. The molecular formula is C17H26O4. The molecule has 0 spiro atoms. The second-order valence-corrected chi connectivity index (χ2v) is 6.26. The monoisotopic (exact) mass is 294 g/mol. The third-order valence-electron chi connectivity index (χ3n) is 5.17. The van der Waals surface area contributed by atoms with Gasteiger partial charge >= 0.3 is 6.16 Å². The summed E-state index contributed by atoms with van der Waals surface area (Å²) in [6.07, 6.45) is 9.07. The number of carbonyl (C=O) groups is 2. The number of fused-ring (bicyclic) bond motifs is 1. The van der Waals surface area contributed by atoms with Gasteiger partial charge in [0.2, 0.25) is 0 Å². The molecule has 2 atom stereocenters. The molecule has 4 heteroatoms. The maximum Gasteiger partial charge on any atom is 0.509 e. The van der Waals surface area contributed by atoms with Gasteiger partial charge in [-0.05, 0) is 25.7 Å². The van der Waals surface area contributed by atoms with E-state index in [0.717, 1.165) is 32.1 Å². The fourth-order valence-corrected chi connectivity index (χ4v) is 3.88. The molecule has 0 aromatic rings. The van der Waals surface area contributed by atoms with Crippen LogP contribution in [0.1, 0.15) is 64.7 Å². The predicted molar refractivity (Wildman–Crippen MR) is 80.0 cm³/mol. The Bertz CT molecular complexity index is 417. The fourth-order valence-electron chi connectivity index (χ4n) is 3.88. The van der Waals surface area contributed by atoms with E-state index in [-0.39, 0.29) is 12.4 Å². The quantitative estimate of drug-likeness (QED) is 0.383. The van der Waals surface area contributed by atoms with Crippen LogP contribution in [-0.4, -0.2) is 24.1 Å². The highest BCUT2D eigenvalue weighted by atomic mass is 16.7. The SMILES string of the molecule is C=CCOC(=O)OC12CCC(=O)C1(CCCCCC)CC2. The molecule has 0 amide bonds. The van der Waals surface area contributed by atoms with Crippen molar-refractivity contribution in [3.63, 3.8) is 0 Å². The average Bonchev–Trinajstić information content (AvgIpc) is 2.63. The summed E-state index contributed by atoms with van der Waals surface area (Å²) in [6, 6.07) is 0. The Hall–Kier alpha value is -1.32. The summed E-state index contributed by atoms with van der Waals surface area (Å²) < 4.78 is 10.5. The molecule has 0 saturated heterocycles. The van der Waals surface area contributed by atoms with E-state index in [1.807, 2.05) is 0 Å². The normalized spacial score (nSPS) is 30.4. The molecule has 0 bridgehead atoms. The van der Waals surface area contributed by atoms with Gasteiger partial charge < -0.3 is 9.47 Å². The summed E-state index contributed by atoms with van der Waals surface area (Å²) in [5, 5.41) is 0. The molecule has 0 heterocycles. The van der Waals surface area contributed by atoms with Gasteiger partial charge in [0, 0.05) is 6.42 Å². The van der Waals surface area contributed by atoms with Crippen LogP contribution in [0.25, 0.3) is 0 Å². The van der Waals surface area contributed by atoms with E-state index in [1.165, 1.54) is 18.9 Å². The highest BCUT2D eigenvalue weighted by Gasteiger charge is 2.68. The Kier molecular flexibility index (Phi) is 5.07. The van der Waals surface area contributed by atoms with Crippen molar-refractivity contribution in [2.24, 2.45) is 5.41 Å². The van der Waals surface area contributed by atoms with Crippen LogP contribution in [0.3, 0.4) is 0 Å². The van der Waals surface area contributed by atoms with Crippen LogP contribution in [0.4, 0.5) is 4.79 Å². The lowest BCUT2D eigenvalue weighted by Crippen LogP contribution is -2.58. The van der Waals surface area contributed by atoms with Gasteiger partial charge in [-0.25, -0.2) is 4.79 Å². The minimum Gasteiger partial charge on any atom is -0.430 e. The fraction of sp³-hybridized carbons (Fsp3) is 0.765. The predicted octanol–water partition coefficient (Wildman–Crippen LogP) is 4.18. The number of ether oxygens (including phenoxy) is 2. The van der Waals surface area contributed by atoms with Gasteiger partial charge in [-0.1, -0.05) is 45.3 Å². The van der Waals surface area contributed by atoms with Gasteiger partial charge in [0.05, 0.1) is 5.41 Å². The zero-order chi connectivity index (χ0) is 15.3. The minimum atomic E-state index is -0.665. The van der Waals surface area contributed by atoms with E-state index in [1.54, 1.807) is 0 Å². The smallest absolute Gasteiger partial charge is 0.430 e. The van der Waals surface area contributed by atoms with Gasteiger partial charge in [-0.2, -0.15) is 0 Å². The molecular weight excluding hydrogens is 268 g/mol. The van der Waals surface area contributed by atoms with E-state index in [2.05, 4.69) is 13.5 Å². The number of hydrogen-bond donors (Lipinski definition) is 0. The molecule has 4 nitrogen and oxygen atoms in total. The zero-order valence-corrected chi connectivity index (χ0v) is 13.0. The lowest BCUT2D eigenvalue weighted by atomic mass is 9.56. The van der Waals surface area contributed by atoms with Crippen molar-refractivity contribution >= 4 is 11.9 Å². The van der Waals surface area contributed by atoms with Crippen molar-refractivity contribution in [2.75, 3.05) is 6.61 Å². The summed E-state index contributed by atoms with van der Waals surface area (Å²) in [6.45, 7) is 5.82. The summed E-state index contributed by atoms with van der Waals surface area (Å²) in [4.78, 5) is 24.1. The molecule has 0 aromatic heterocycles. The molecule has 0 N–H and O–H groups in total. The number of Topliss-reactive ketones (excluding diaryl/α,β-unsaturated/α-hetero) is 1. The Morgan fingerprint density at radius 3 is 2.71 bits per heavy atom. The maximum atomic E-state index is 12.4. The first-order chi connectivity index (χ1) is 10.1. The van der Waals surface area contributed by atoms with Crippen LogP contribution in [0.5, 0.6) is 0 Å². The molecule has 2 aliphatic carbocycles. The zero-order valence-electron chi connectivity index (χ0n) is 13.0. The van der Waals surface area contributed by atoms with Gasteiger partial charge in [0.25, 0.3) is 0 Å². The molecule has 21 heavy (non-hydrogen) atoms. The van der Waals surface area contributed by atoms with E-state index < -0.39 is 17.2 Å². The number of rotatable bonds is 8. The minimum absolute atomic E-state index is 0.145. The molecule has 0 aliphatic heterocycles. The molecule has 0 aromatic carbocycles. The summed E-state index contributed by atoms with van der Waals surface area (Å²) in [5.74, 6) is 0.279. The van der Waals surface area contributed by atoms with Gasteiger partial charge in [-0.15, -0.1) is 0 Å². The van der Waals surface area contributed by atoms with E-state index in [9.17, 15) is 9.59 Å². The largest absolute Gasteiger partial charge is 0.509 e. The molecule has 2 unspecified atom stereocenters. The Balaban J connectivity index is 1.98. The van der Waals surface area contributed by atoms with Crippen LogP contribution >= 0.6 is 0 Å². The number of hydrogen-bond acceptors (Lipinski definition) is 4. The van der Waals surface area contributed by atoms with Crippen LogP contribution in [-0.2, 0) is 14.3 Å². The number of carbonyl (C=O) groups excluding carboxylic acids is 2. The van der Waals surface area contributed by atoms with Crippen molar-refractivity contribution in [2.45, 2.75) is 70.3 Å². The van der Waals surface area contributed by atoms with Crippen LogP contribution in [0, 0.1) is 5.41 Å². The summed E-state index contributed by atoms with van der Waals surface area (Å²) in [7, 11) is 0. The number of ketones is 1. The van der Waals surface area contributed by atoms with Crippen molar-refractivity contribution in [1.82, 2.24) is 0 Å². The molecule has 2 rings (SSSR count). The highest BCUT2D eigenvalue weighted by molar-refractivity contribution is 5.90. The lowest BCUT2D eigenvalue weighted by molar-refractivity contribution is -0.174.